The lowest BCUT2D eigenvalue weighted by atomic mass is 10.4. The van der Waals surface area contributed by atoms with Gasteiger partial charge < -0.3 is 27.4 Å². The molecule has 1 N–H and O–H groups in total. The van der Waals surface area contributed by atoms with E-state index in [-0.39, 0.29) is 0 Å². The molecule has 0 spiro atoms. The summed E-state index contributed by atoms with van der Waals surface area (Å²) in [6.45, 7) is 69.4. The summed E-state index contributed by atoms with van der Waals surface area (Å²) in [5, 5.41) is 4.41. The van der Waals surface area contributed by atoms with Crippen molar-refractivity contribution in [2.45, 2.75) is 242 Å². The number of furan rings is 1. The Morgan fingerprint density at radius 3 is 0.939 bits per heavy atom. The zero-order valence-electron chi connectivity index (χ0n) is 58.6. The number of ether oxygens (including phenoxy) is 1. The first-order chi connectivity index (χ1) is 39.1. The van der Waals surface area contributed by atoms with Crippen LogP contribution in [-0.2, 0) is 4.74 Å². The lowest BCUT2D eigenvalue weighted by molar-refractivity contribution is 0.354. The van der Waals surface area contributed by atoms with E-state index in [0.29, 0.717) is 0 Å². The van der Waals surface area contributed by atoms with Crippen molar-refractivity contribution in [2.24, 2.45) is 0 Å². The smallest absolute Gasteiger partial charge is 0.191 e. The van der Waals surface area contributed by atoms with E-state index >= 15 is 0 Å². The largest absolute Gasteiger partial charge is 0.470 e. The lowest BCUT2D eigenvalue weighted by Gasteiger charge is -1.92. The van der Waals surface area contributed by atoms with E-state index in [9.17, 15) is 0 Å². The topological polar surface area (TPSA) is 142 Å². The molecule has 1 aliphatic heterocycles. The zero-order valence-corrected chi connectivity index (χ0v) is 61.0. The quantitative estimate of drug-likeness (QED) is 0.156. The second-order valence-corrected chi connectivity index (χ2v) is 18.7. The van der Waals surface area contributed by atoms with Gasteiger partial charge in [0, 0.05) is 47.3 Å². The second-order valence-electron chi connectivity index (χ2n) is 14.8. The predicted molar refractivity (Wildman–Crippen MR) is 367 cm³/mol. The summed E-state index contributed by atoms with van der Waals surface area (Å²) in [6.07, 6.45) is 12.9. The van der Waals surface area contributed by atoms with Gasteiger partial charge in [0.1, 0.15) is 28.8 Å². The first-order valence-electron chi connectivity index (χ1n) is 29.4. The third-order valence-electron chi connectivity index (χ3n) is 8.64. The third-order valence-corrected chi connectivity index (χ3v) is 11.4. The van der Waals surface area contributed by atoms with Crippen LogP contribution in [0.1, 0.15) is 217 Å². The standard InChI is InChI=1S/C7H8O.3C6H9NO.2C6H9NS.C5H7N.C5H6O.C5H6S.8C2H6/c1-7-5-3-2-4-6-8-7;5*1-4-5(2)8-6(3)7-4;3*1-5-3-2-4-6-5;8*1-2/h2-6H,1H3;5*1-3H3;2-4,6H,1H3;2*2-4H,1H3;8*1-2H3. The van der Waals surface area contributed by atoms with Crippen molar-refractivity contribution < 1.29 is 22.4 Å². The molecular formula is C68H120N6O5S3. The Morgan fingerprint density at radius 1 is 0.402 bits per heavy atom. The van der Waals surface area contributed by atoms with E-state index in [1.165, 1.54) is 41.7 Å². The fourth-order valence-electron chi connectivity index (χ4n) is 4.79. The molecule has 14 heteroatoms. The van der Waals surface area contributed by atoms with Crippen molar-refractivity contribution in [2.75, 3.05) is 0 Å². The molecule has 0 aromatic carbocycles. The number of thiazole rings is 2. The fraction of sp³-hybridized carbons (Fsp3) is 0.515. The van der Waals surface area contributed by atoms with Crippen molar-refractivity contribution in [1.82, 2.24) is 29.9 Å². The van der Waals surface area contributed by atoms with Crippen LogP contribution in [0.25, 0.3) is 0 Å². The number of oxazole rings is 3. The third kappa shape index (κ3) is 56.1. The average molecular weight is 1200 g/mol. The van der Waals surface area contributed by atoms with E-state index in [1.54, 1.807) is 46.5 Å². The van der Waals surface area contributed by atoms with Crippen molar-refractivity contribution >= 4 is 34.0 Å². The van der Waals surface area contributed by atoms with Crippen LogP contribution in [0.2, 0.25) is 0 Å². The zero-order chi connectivity index (χ0) is 65.8. The van der Waals surface area contributed by atoms with E-state index in [4.69, 9.17) is 22.4 Å². The summed E-state index contributed by atoms with van der Waals surface area (Å²) in [5.41, 5.74) is 6.53. The van der Waals surface area contributed by atoms with Crippen molar-refractivity contribution in [3.8, 4) is 0 Å². The maximum absolute atomic E-state index is 5.10. The van der Waals surface area contributed by atoms with Gasteiger partial charge in [-0.25, -0.2) is 24.9 Å². The molecule has 9 heterocycles. The second kappa shape index (κ2) is 66.0. The number of hydrogen-bond donors (Lipinski definition) is 1. The number of aryl methyl sites for hydroxylation is 18. The van der Waals surface area contributed by atoms with Crippen LogP contribution in [-0.4, -0.2) is 29.9 Å². The number of H-pyrrole nitrogens is 1. The number of aromatic nitrogens is 6. The minimum atomic E-state index is 0.750. The number of hydrogen-bond acceptors (Lipinski definition) is 13. The highest BCUT2D eigenvalue weighted by atomic mass is 32.1. The molecule has 0 unspecified atom stereocenters. The number of aromatic amines is 1. The minimum absolute atomic E-state index is 0.750. The first-order valence-corrected chi connectivity index (χ1v) is 31.9. The van der Waals surface area contributed by atoms with Crippen molar-refractivity contribution in [1.29, 1.82) is 0 Å². The van der Waals surface area contributed by atoms with E-state index in [1.807, 2.05) is 276 Å². The summed E-state index contributed by atoms with van der Waals surface area (Å²) in [5.74, 6) is 6.90. The van der Waals surface area contributed by atoms with Crippen molar-refractivity contribution in [3.63, 3.8) is 0 Å². The fourth-order valence-corrected chi connectivity index (χ4v) is 6.96. The van der Waals surface area contributed by atoms with Gasteiger partial charge in [0.25, 0.3) is 0 Å². The molecule has 1 aliphatic rings. The maximum atomic E-state index is 5.10. The number of nitrogens with one attached hydrogen (secondary N) is 1. The Morgan fingerprint density at radius 2 is 0.793 bits per heavy atom. The summed E-state index contributed by atoms with van der Waals surface area (Å²) >= 11 is 5.29. The molecular weight excluding hydrogens is 1080 g/mol. The molecule has 0 saturated carbocycles. The van der Waals surface area contributed by atoms with E-state index in [2.05, 4.69) is 68.2 Å². The molecule has 0 saturated heterocycles. The van der Waals surface area contributed by atoms with Crippen LogP contribution < -0.4 is 0 Å². The van der Waals surface area contributed by atoms with Crippen LogP contribution in [0, 0.1) is 125 Å². The highest BCUT2D eigenvalue weighted by molar-refractivity contribution is 7.11. The molecule has 0 atom stereocenters. The molecule has 0 bridgehead atoms. The van der Waals surface area contributed by atoms with Gasteiger partial charge in [-0.1, -0.05) is 129 Å². The number of thiophene rings is 1. The lowest BCUT2D eigenvalue weighted by Crippen LogP contribution is -1.72. The van der Waals surface area contributed by atoms with Crippen molar-refractivity contribution in [3.05, 3.63) is 190 Å². The Hall–Kier alpha value is -5.83. The molecule has 0 radical (unpaired) electrons. The number of nitrogens with zero attached hydrogens (tertiary/aromatic N) is 5. The molecule has 470 valence electrons. The highest BCUT2D eigenvalue weighted by Gasteiger charge is 2.00. The first kappa shape index (κ1) is 92.6. The van der Waals surface area contributed by atoms with Gasteiger partial charge in [-0.05, 0) is 159 Å². The van der Waals surface area contributed by atoms with Gasteiger partial charge in [-0.15, -0.1) is 34.0 Å². The summed E-state index contributed by atoms with van der Waals surface area (Å²) in [7, 11) is 0. The van der Waals surface area contributed by atoms with Gasteiger partial charge in [0.05, 0.1) is 51.0 Å². The Bertz CT molecular complexity index is 2140. The SMILES string of the molecule is CC.CC.CC.CC.CC.CC.CC.CC.CC1=CC=CC=CO1.Cc1ccc[nH]1.Cc1ccco1.Cc1cccs1.Cc1nc(C)c(C)o1.Cc1nc(C)c(C)o1.Cc1nc(C)c(C)o1.Cc1nc(C)c(C)s1.Cc1nc(C)c(C)s1. The molecule has 0 amide bonds. The van der Waals surface area contributed by atoms with Crippen LogP contribution in [0.3, 0.4) is 0 Å². The highest BCUT2D eigenvalue weighted by Crippen LogP contribution is 2.15. The van der Waals surface area contributed by atoms with E-state index in [0.717, 1.165) is 63.6 Å². The molecule has 0 fully saturated rings. The molecule has 8 aromatic heterocycles. The molecule has 82 heavy (non-hydrogen) atoms. The average Bonchev–Trinajstić information content (AvgIpc) is 4.40. The Kier molecular flexibility index (Phi) is 74.5. The minimum Gasteiger partial charge on any atom is -0.470 e. The molecule has 8 aromatic rings. The molecule has 11 nitrogen and oxygen atoms in total. The summed E-state index contributed by atoms with van der Waals surface area (Å²) < 4.78 is 25.2. The van der Waals surface area contributed by atoms with Gasteiger partial charge in [-0.3, -0.25) is 0 Å². The van der Waals surface area contributed by atoms with Gasteiger partial charge in [-0.2, -0.15) is 0 Å². The Labute approximate surface area is 515 Å². The van der Waals surface area contributed by atoms with Crippen LogP contribution in [0.5, 0.6) is 0 Å². The maximum Gasteiger partial charge on any atom is 0.191 e. The normalized spacial score (nSPS) is 8.99. The van der Waals surface area contributed by atoms with Crippen LogP contribution in [0.15, 0.2) is 108 Å². The van der Waals surface area contributed by atoms with Gasteiger partial charge in [0.15, 0.2) is 17.7 Å². The number of rotatable bonds is 0. The van der Waals surface area contributed by atoms with Crippen LogP contribution >= 0.6 is 34.0 Å². The Balaban J connectivity index is -0.000000122. The van der Waals surface area contributed by atoms with Gasteiger partial charge in [0.2, 0.25) is 0 Å². The monoisotopic (exact) mass is 1200 g/mol. The number of allylic oxidation sites excluding steroid dienone is 5. The van der Waals surface area contributed by atoms with Crippen LogP contribution in [0.4, 0.5) is 0 Å². The molecule has 0 aliphatic carbocycles. The van der Waals surface area contributed by atoms with E-state index < -0.39 is 0 Å². The van der Waals surface area contributed by atoms with Gasteiger partial charge >= 0.3 is 0 Å². The summed E-state index contributed by atoms with van der Waals surface area (Å²) in [6, 6.07) is 12.0. The summed E-state index contributed by atoms with van der Waals surface area (Å²) in [4.78, 5) is 27.6. The molecule has 9 rings (SSSR count). The predicted octanol–water partition coefficient (Wildman–Crippen LogP) is 24.1.